The summed E-state index contributed by atoms with van der Waals surface area (Å²) >= 11 is 5.94. The smallest absolute Gasteiger partial charge is 0.254 e. The minimum atomic E-state index is -0.563. The van der Waals surface area contributed by atoms with Gasteiger partial charge in [-0.25, -0.2) is 4.98 Å². The molecule has 0 saturated heterocycles. The van der Waals surface area contributed by atoms with Crippen molar-refractivity contribution >= 4 is 23.4 Å². The van der Waals surface area contributed by atoms with Gasteiger partial charge in [0.05, 0.1) is 6.54 Å². The molecular weight excluding hydrogens is 266 g/mol. The predicted molar refractivity (Wildman–Crippen MR) is 74.1 cm³/mol. The first-order chi connectivity index (χ1) is 8.61. The van der Waals surface area contributed by atoms with E-state index in [0.29, 0.717) is 5.56 Å². The molecule has 0 aliphatic carbocycles. The van der Waals surface area contributed by atoms with E-state index in [1.54, 1.807) is 6.07 Å². The number of rotatable bonds is 3. The highest BCUT2D eigenvalue weighted by molar-refractivity contribution is 6.29. The van der Waals surface area contributed by atoms with Crippen molar-refractivity contribution in [3.8, 4) is 0 Å². The zero-order valence-electron chi connectivity index (χ0n) is 11.5. The van der Waals surface area contributed by atoms with Gasteiger partial charge in [-0.15, -0.1) is 0 Å². The molecule has 0 bridgehead atoms. The maximum atomic E-state index is 12.1. The Balaban J connectivity index is 3.10. The third-order valence-electron chi connectivity index (χ3n) is 2.55. The van der Waals surface area contributed by atoms with Crippen molar-refractivity contribution in [1.29, 1.82) is 0 Å². The second-order valence-corrected chi connectivity index (χ2v) is 5.83. The lowest BCUT2D eigenvalue weighted by Crippen LogP contribution is -2.35. The van der Waals surface area contributed by atoms with Crippen LogP contribution in [0.4, 0.5) is 0 Å². The third kappa shape index (κ3) is 4.21. The Bertz CT molecular complexity index is 509. The van der Waals surface area contributed by atoms with E-state index in [1.165, 1.54) is 18.0 Å². The summed E-state index contributed by atoms with van der Waals surface area (Å²) < 4.78 is 0. The van der Waals surface area contributed by atoms with E-state index >= 15 is 0 Å². The van der Waals surface area contributed by atoms with E-state index in [1.807, 2.05) is 20.8 Å². The van der Waals surface area contributed by atoms with E-state index in [9.17, 15) is 9.59 Å². The van der Waals surface area contributed by atoms with Crippen molar-refractivity contribution in [2.45, 2.75) is 26.2 Å². The van der Waals surface area contributed by atoms with Crippen molar-refractivity contribution in [2.24, 2.45) is 5.73 Å². The number of nitrogens with zero attached hydrogens (tertiary/aromatic N) is 2. The molecule has 6 heteroatoms. The summed E-state index contributed by atoms with van der Waals surface area (Å²) in [6.07, 6.45) is 0. The Labute approximate surface area is 117 Å². The lowest BCUT2D eigenvalue weighted by Gasteiger charge is -2.20. The fourth-order valence-corrected chi connectivity index (χ4v) is 1.74. The number of carbonyl (C=O) groups excluding carboxylic acids is 2. The first-order valence-electron chi connectivity index (χ1n) is 5.83. The summed E-state index contributed by atoms with van der Waals surface area (Å²) in [6.45, 7) is 5.80. The molecule has 1 heterocycles. The van der Waals surface area contributed by atoms with Crippen molar-refractivity contribution in [1.82, 2.24) is 9.88 Å². The average molecular weight is 284 g/mol. The topological polar surface area (TPSA) is 76.3 Å². The number of primary amides is 1. The Morgan fingerprint density at radius 2 is 1.95 bits per heavy atom. The fraction of sp³-hybridized carbons (Fsp3) is 0.462. The highest BCUT2D eigenvalue weighted by Crippen LogP contribution is 2.23. The Kier molecular flexibility index (Phi) is 4.52. The van der Waals surface area contributed by atoms with Gasteiger partial charge in [0.15, 0.2) is 0 Å². The minimum Gasteiger partial charge on any atom is -0.368 e. The Morgan fingerprint density at radius 3 is 2.42 bits per heavy atom. The van der Waals surface area contributed by atoms with Crippen LogP contribution in [-0.4, -0.2) is 35.3 Å². The molecule has 0 aliphatic heterocycles. The van der Waals surface area contributed by atoms with Gasteiger partial charge in [0.25, 0.3) is 5.91 Å². The van der Waals surface area contributed by atoms with E-state index in [0.717, 1.165) is 5.69 Å². The van der Waals surface area contributed by atoms with Gasteiger partial charge in [-0.05, 0) is 12.1 Å². The lowest BCUT2D eigenvalue weighted by molar-refractivity contribution is -0.118. The first-order valence-corrected chi connectivity index (χ1v) is 6.21. The predicted octanol–water partition coefficient (Wildman–Crippen LogP) is 1.59. The quantitative estimate of drug-likeness (QED) is 0.856. The van der Waals surface area contributed by atoms with Crippen molar-refractivity contribution < 1.29 is 9.59 Å². The van der Waals surface area contributed by atoms with Crippen LogP contribution in [0.2, 0.25) is 5.15 Å². The number of nitrogens with two attached hydrogens (primary N) is 1. The summed E-state index contributed by atoms with van der Waals surface area (Å²) in [5.74, 6) is -0.874. The molecule has 0 unspecified atom stereocenters. The molecule has 19 heavy (non-hydrogen) atoms. The summed E-state index contributed by atoms with van der Waals surface area (Å²) in [4.78, 5) is 28.4. The lowest BCUT2D eigenvalue weighted by atomic mass is 9.91. The maximum Gasteiger partial charge on any atom is 0.254 e. The second-order valence-electron chi connectivity index (χ2n) is 5.44. The van der Waals surface area contributed by atoms with Gasteiger partial charge in [-0.1, -0.05) is 32.4 Å². The maximum absolute atomic E-state index is 12.1. The molecule has 0 spiro atoms. The number of carbonyl (C=O) groups is 2. The third-order valence-corrected chi connectivity index (χ3v) is 2.74. The highest BCUT2D eigenvalue weighted by atomic mass is 35.5. The molecular formula is C13H18ClN3O2. The van der Waals surface area contributed by atoms with Crippen LogP contribution >= 0.6 is 11.6 Å². The molecule has 1 aromatic heterocycles. The summed E-state index contributed by atoms with van der Waals surface area (Å²) in [7, 11) is 1.51. The Morgan fingerprint density at radius 1 is 1.37 bits per heavy atom. The van der Waals surface area contributed by atoms with Crippen LogP contribution in [0.5, 0.6) is 0 Å². The monoisotopic (exact) mass is 283 g/mol. The molecule has 0 saturated carbocycles. The van der Waals surface area contributed by atoms with Crippen molar-refractivity contribution in [2.75, 3.05) is 13.6 Å². The molecule has 0 aliphatic rings. The second kappa shape index (κ2) is 5.57. The Hall–Kier alpha value is -1.62. The van der Waals surface area contributed by atoms with Crippen LogP contribution < -0.4 is 5.73 Å². The van der Waals surface area contributed by atoms with Gasteiger partial charge in [-0.3, -0.25) is 9.59 Å². The zero-order valence-corrected chi connectivity index (χ0v) is 12.3. The highest BCUT2D eigenvalue weighted by Gasteiger charge is 2.20. The zero-order chi connectivity index (χ0) is 14.8. The number of aromatic nitrogens is 1. The van der Waals surface area contributed by atoms with Crippen molar-refractivity contribution in [3.63, 3.8) is 0 Å². The van der Waals surface area contributed by atoms with E-state index in [2.05, 4.69) is 4.98 Å². The number of pyridine rings is 1. The van der Waals surface area contributed by atoms with Gasteiger partial charge in [0.1, 0.15) is 5.15 Å². The number of hydrogen-bond acceptors (Lipinski definition) is 3. The molecule has 1 aromatic rings. The average Bonchev–Trinajstić information content (AvgIpc) is 2.25. The summed E-state index contributed by atoms with van der Waals surface area (Å²) in [6, 6.07) is 3.17. The minimum absolute atomic E-state index is 0.135. The molecule has 0 fully saturated rings. The van der Waals surface area contributed by atoms with Crippen molar-refractivity contribution in [3.05, 3.63) is 28.5 Å². The van der Waals surface area contributed by atoms with Gasteiger partial charge < -0.3 is 10.6 Å². The normalized spacial score (nSPS) is 11.2. The van der Waals surface area contributed by atoms with Gasteiger partial charge in [0, 0.05) is 23.7 Å². The first kappa shape index (κ1) is 15.4. The molecule has 0 atom stereocenters. The molecule has 104 valence electrons. The summed E-state index contributed by atoms with van der Waals surface area (Å²) in [5.41, 5.74) is 5.96. The summed E-state index contributed by atoms with van der Waals surface area (Å²) in [5, 5.41) is 0.253. The van der Waals surface area contributed by atoms with E-state index in [4.69, 9.17) is 17.3 Å². The number of hydrogen-bond donors (Lipinski definition) is 1. The van der Waals surface area contributed by atoms with Crippen LogP contribution in [0.15, 0.2) is 12.1 Å². The fourth-order valence-electron chi connectivity index (χ4n) is 1.53. The van der Waals surface area contributed by atoms with Crippen LogP contribution in [0, 0.1) is 0 Å². The number of likely N-dealkylation sites (N-methyl/N-ethyl adjacent to an activating group) is 1. The molecule has 0 aromatic carbocycles. The number of amides is 2. The SMILES string of the molecule is CN(CC(N)=O)C(=O)c1cc(Cl)nc(C(C)(C)C)c1. The van der Waals surface area contributed by atoms with E-state index in [-0.39, 0.29) is 23.0 Å². The van der Waals surface area contributed by atoms with Crippen LogP contribution in [0.3, 0.4) is 0 Å². The van der Waals surface area contributed by atoms with E-state index < -0.39 is 5.91 Å². The standard InChI is InChI=1S/C13H18ClN3O2/c1-13(2,3)9-5-8(6-10(14)16-9)12(19)17(4)7-11(15)18/h5-6H,7H2,1-4H3,(H2,15,18). The molecule has 1 rings (SSSR count). The van der Waals surface area contributed by atoms with Crippen LogP contribution in [0.25, 0.3) is 0 Å². The van der Waals surface area contributed by atoms with Crippen LogP contribution in [-0.2, 0) is 10.2 Å². The van der Waals surface area contributed by atoms with Gasteiger partial charge in [0.2, 0.25) is 5.91 Å². The van der Waals surface area contributed by atoms with Gasteiger partial charge >= 0.3 is 0 Å². The molecule has 5 nitrogen and oxygen atoms in total. The molecule has 2 amide bonds. The number of halogens is 1. The van der Waals surface area contributed by atoms with Gasteiger partial charge in [-0.2, -0.15) is 0 Å². The van der Waals surface area contributed by atoms with Crippen LogP contribution in [0.1, 0.15) is 36.8 Å². The molecule has 0 radical (unpaired) electrons. The largest absolute Gasteiger partial charge is 0.368 e. The molecule has 2 N–H and O–H groups in total.